The van der Waals surface area contributed by atoms with Gasteiger partial charge in [0.25, 0.3) is 5.91 Å². The number of carbonyl (C=O) groups excluding carboxylic acids is 1. The van der Waals surface area contributed by atoms with Gasteiger partial charge in [0.1, 0.15) is 11.5 Å². The molecule has 134 valence electrons. The number of rotatable bonds is 6. The third kappa shape index (κ3) is 4.22. The Morgan fingerprint density at radius 1 is 1.00 bits per heavy atom. The second-order valence-corrected chi connectivity index (χ2v) is 5.99. The zero-order valence-corrected chi connectivity index (χ0v) is 15.0. The van der Waals surface area contributed by atoms with Gasteiger partial charge in [0.05, 0.1) is 18.9 Å². The van der Waals surface area contributed by atoms with E-state index in [1.165, 1.54) is 0 Å². The lowest BCUT2D eigenvalue weighted by Gasteiger charge is -2.10. The van der Waals surface area contributed by atoms with Gasteiger partial charge in [-0.3, -0.25) is 4.79 Å². The van der Waals surface area contributed by atoms with E-state index in [0.717, 1.165) is 17.2 Å². The molecule has 0 saturated heterocycles. The van der Waals surface area contributed by atoms with Gasteiger partial charge in [0.2, 0.25) is 0 Å². The summed E-state index contributed by atoms with van der Waals surface area (Å²) in [5, 5.41) is 7.16. The second kappa shape index (κ2) is 7.74. The number of nitrogens with one attached hydrogen (secondary N) is 1. The molecule has 0 aliphatic rings. The van der Waals surface area contributed by atoms with E-state index < -0.39 is 0 Å². The predicted molar refractivity (Wildman–Crippen MR) is 100 cm³/mol. The van der Waals surface area contributed by atoms with Crippen molar-refractivity contribution in [3.05, 3.63) is 66.5 Å². The molecule has 0 unspecified atom stereocenters. The summed E-state index contributed by atoms with van der Waals surface area (Å²) in [5.41, 5.74) is 1.87. The first-order valence-electron chi connectivity index (χ1n) is 8.33. The van der Waals surface area contributed by atoms with Crippen molar-refractivity contribution in [2.45, 2.75) is 20.0 Å². The number of nitrogens with zero attached hydrogens (tertiary/aromatic N) is 2. The monoisotopic (exact) mass is 351 g/mol. The van der Waals surface area contributed by atoms with Gasteiger partial charge in [-0.25, -0.2) is 4.68 Å². The third-order valence-electron chi connectivity index (χ3n) is 3.64. The second-order valence-electron chi connectivity index (χ2n) is 5.99. The van der Waals surface area contributed by atoms with Crippen LogP contribution in [0.3, 0.4) is 0 Å². The molecule has 0 fully saturated rings. The number of hydrogen-bond acceptors (Lipinski definition) is 4. The standard InChI is InChI=1S/C20H21N3O3/c1-14(2)26-18-8-4-15(5-9-18)21-20(24)19-12-13-23(22-19)16-6-10-17(25-3)11-7-16/h4-14H,1-3H3,(H,21,24). The predicted octanol–water partition coefficient (Wildman–Crippen LogP) is 3.92. The highest BCUT2D eigenvalue weighted by atomic mass is 16.5. The van der Waals surface area contributed by atoms with Gasteiger partial charge < -0.3 is 14.8 Å². The lowest BCUT2D eigenvalue weighted by molar-refractivity contribution is 0.102. The number of ether oxygens (including phenoxy) is 2. The highest BCUT2D eigenvalue weighted by Gasteiger charge is 2.11. The maximum absolute atomic E-state index is 12.4. The minimum Gasteiger partial charge on any atom is -0.497 e. The maximum Gasteiger partial charge on any atom is 0.276 e. The zero-order chi connectivity index (χ0) is 18.5. The average Bonchev–Trinajstić information content (AvgIpc) is 3.13. The van der Waals surface area contributed by atoms with Gasteiger partial charge in [-0.1, -0.05) is 0 Å². The lowest BCUT2D eigenvalue weighted by atomic mass is 10.3. The molecular weight excluding hydrogens is 330 g/mol. The van der Waals surface area contributed by atoms with Crippen LogP contribution in [0.25, 0.3) is 5.69 Å². The Bertz CT molecular complexity index is 868. The van der Waals surface area contributed by atoms with Crippen LogP contribution in [-0.2, 0) is 0 Å². The number of hydrogen-bond donors (Lipinski definition) is 1. The van der Waals surface area contributed by atoms with E-state index in [2.05, 4.69) is 10.4 Å². The molecule has 2 aromatic carbocycles. The van der Waals surface area contributed by atoms with E-state index in [-0.39, 0.29) is 12.0 Å². The molecule has 0 spiro atoms. The molecule has 0 saturated carbocycles. The number of carbonyl (C=O) groups is 1. The van der Waals surface area contributed by atoms with Crippen LogP contribution in [0.4, 0.5) is 5.69 Å². The minimum atomic E-state index is -0.269. The molecule has 0 atom stereocenters. The first kappa shape index (κ1) is 17.5. The molecule has 0 aliphatic carbocycles. The fourth-order valence-electron chi connectivity index (χ4n) is 2.41. The van der Waals surface area contributed by atoms with Gasteiger partial charge >= 0.3 is 0 Å². The molecule has 1 aromatic heterocycles. The van der Waals surface area contributed by atoms with E-state index in [1.54, 1.807) is 36.2 Å². The molecule has 0 aliphatic heterocycles. The summed E-state index contributed by atoms with van der Waals surface area (Å²) in [6, 6.07) is 16.4. The van der Waals surface area contributed by atoms with Crippen molar-refractivity contribution in [1.82, 2.24) is 9.78 Å². The Morgan fingerprint density at radius 3 is 2.27 bits per heavy atom. The maximum atomic E-state index is 12.4. The average molecular weight is 351 g/mol. The quantitative estimate of drug-likeness (QED) is 0.731. The van der Waals surface area contributed by atoms with E-state index in [1.807, 2.05) is 50.2 Å². The van der Waals surface area contributed by atoms with Crippen molar-refractivity contribution >= 4 is 11.6 Å². The van der Waals surface area contributed by atoms with Crippen molar-refractivity contribution < 1.29 is 14.3 Å². The van der Waals surface area contributed by atoms with E-state index in [4.69, 9.17) is 9.47 Å². The van der Waals surface area contributed by atoms with Gasteiger partial charge in [-0.15, -0.1) is 0 Å². The highest BCUT2D eigenvalue weighted by Crippen LogP contribution is 2.18. The normalized spacial score (nSPS) is 10.6. The minimum absolute atomic E-state index is 0.109. The number of aromatic nitrogens is 2. The lowest BCUT2D eigenvalue weighted by Crippen LogP contribution is -2.13. The smallest absolute Gasteiger partial charge is 0.276 e. The van der Waals surface area contributed by atoms with Crippen molar-refractivity contribution in [2.24, 2.45) is 0 Å². The van der Waals surface area contributed by atoms with Gasteiger partial charge in [-0.2, -0.15) is 5.10 Å². The summed E-state index contributed by atoms with van der Waals surface area (Å²) in [6.45, 7) is 3.93. The van der Waals surface area contributed by atoms with Gasteiger partial charge in [0.15, 0.2) is 5.69 Å². The van der Waals surface area contributed by atoms with Crippen LogP contribution in [-0.4, -0.2) is 28.9 Å². The van der Waals surface area contributed by atoms with Gasteiger partial charge in [-0.05, 0) is 68.4 Å². The van der Waals surface area contributed by atoms with Crippen molar-refractivity contribution in [2.75, 3.05) is 12.4 Å². The molecule has 6 heteroatoms. The molecule has 3 aromatic rings. The molecule has 6 nitrogen and oxygen atoms in total. The molecule has 0 radical (unpaired) electrons. The van der Waals surface area contributed by atoms with Crippen molar-refractivity contribution in [3.63, 3.8) is 0 Å². The number of anilines is 1. The Hall–Kier alpha value is -3.28. The molecule has 26 heavy (non-hydrogen) atoms. The summed E-state index contributed by atoms with van der Waals surface area (Å²) < 4.78 is 12.4. The molecular formula is C20H21N3O3. The van der Waals surface area contributed by atoms with Crippen LogP contribution in [0.5, 0.6) is 11.5 Å². The summed E-state index contributed by atoms with van der Waals surface area (Å²) in [6.07, 6.45) is 1.85. The number of benzene rings is 2. The first-order valence-corrected chi connectivity index (χ1v) is 8.33. The SMILES string of the molecule is COc1ccc(-n2ccc(C(=O)Nc3ccc(OC(C)C)cc3)n2)cc1. The Kier molecular flexibility index (Phi) is 5.22. The van der Waals surface area contributed by atoms with Crippen LogP contribution in [0, 0.1) is 0 Å². The molecule has 3 rings (SSSR count). The molecule has 1 amide bonds. The van der Waals surface area contributed by atoms with Crippen LogP contribution in [0.1, 0.15) is 24.3 Å². The fourth-order valence-corrected chi connectivity index (χ4v) is 2.41. The summed E-state index contributed by atoms with van der Waals surface area (Å²) in [7, 11) is 1.62. The van der Waals surface area contributed by atoms with Crippen molar-refractivity contribution in [1.29, 1.82) is 0 Å². The largest absolute Gasteiger partial charge is 0.497 e. The number of amides is 1. The third-order valence-corrected chi connectivity index (χ3v) is 3.64. The molecule has 1 N–H and O–H groups in total. The first-order chi connectivity index (χ1) is 12.5. The fraction of sp³-hybridized carbons (Fsp3) is 0.200. The Labute approximate surface area is 152 Å². The zero-order valence-electron chi connectivity index (χ0n) is 15.0. The van der Waals surface area contributed by atoms with Crippen LogP contribution < -0.4 is 14.8 Å². The summed E-state index contributed by atoms with van der Waals surface area (Å²) in [4.78, 5) is 12.4. The van der Waals surface area contributed by atoms with Gasteiger partial charge in [0, 0.05) is 11.9 Å². The van der Waals surface area contributed by atoms with E-state index in [0.29, 0.717) is 11.4 Å². The number of methoxy groups -OCH3 is 1. The summed E-state index contributed by atoms with van der Waals surface area (Å²) in [5.74, 6) is 1.26. The van der Waals surface area contributed by atoms with Crippen LogP contribution in [0.2, 0.25) is 0 Å². The van der Waals surface area contributed by atoms with E-state index >= 15 is 0 Å². The summed E-state index contributed by atoms with van der Waals surface area (Å²) >= 11 is 0. The van der Waals surface area contributed by atoms with Crippen LogP contribution in [0.15, 0.2) is 60.8 Å². The topological polar surface area (TPSA) is 65.4 Å². The Balaban J connectivity index is 1.67. The van der Waals surface area contributed by atoms with E-state index in [9.17, 15) is 4.79 Å². The molecule has 1 heterocycles. The van der Waals surface area contributed by atoms with Crippen LogP contribution >= 0.6 is 0 Å². The Morgan fingerprint density at radius 2 is 1.65 bits per heavy atom. The highest BCUT2D eigenvalue weighted by molar-refractivity contribution is 6.02. The molecule has 0 bridgehead atoms. The van der Waals surface area contributed by atoms with Crippen molar-refractivity contribution in [3.8, 4) is 17.2 Å².